The Kier molecular flexibility index (Phi) is 5.55. The molecule has 1 aromatic rings. The number of hydrogen-bond acceptors (Lipinski definition) is 4. The molecule has 21 heavy (non-hydrogen) atoms. The summed E-state index contributed by atoms with van der Waals surface area (Å²) >= 11 is 0. The van der Waals surface area contributed by atoms with E-state index in [1.165, 1.54) is 0 Å². The minimum Gasteiger partial charge on any atom is -0.314 e. The van der Waals surface area contributed by atoms with Gasteiger partial charge in [0.2, 0.25) is 10.0 Å². The maximum Gasteiger partial charge on any atom is 0.250 e. The number of aromatic nitrogens is 1. The Morgan fingerprint density at radius 2 is 1.95 bits per heavy atom. The second-order valence-corrected chi connectivity index (χ2v) is 7.41. The predicted molar refractivity (Wildman–Crippen MR) is 82.8 cm³/mol. The topological polar surface area (TPSA) is 71.4 Å². The third-order valence-electron chi connectivity index (χ3n) is 3.87. The maximum atomic E-state index is 11.6. The average molecular weight is 313 g/mol. The van der Waals surface area contributed by atoms with Crippen LogP contribution >= 0.6 is 0 Å². The lowest BCUT2D eigenvalue weighted by Crippen LogP contribution is -2.45. The van der Waals surface area contributed by atoms with Crippen LogP contribution in [0.25, 0.3) is 0 Å². The molecule has 0 saturated carbocycles. The van der Waals surface area contributed by atoms with Crippen molar-refractivity contribution in [3.8, 4) is 0 Å². The van der Waals surface area contributed by atoms with Gasteiger partial charge in [0.15, 0.2) is 0 Å². The number of hydrogen-bond donors (Lipinski definition) is 1. The van der Waals surface area contributed by atoms with Crippen LogP contribution in [0.4, 0.5) is 0 Å². The Morgan fingerprint density at radius 1 is 1.24 bits per heavy atom. The summed E-state index contributed by atoms with van der Waals surface area (Å²) < 4.78 is 27.5. The first-order valence-electron chi connectivity index (χ1n) is 7.38. The van der Waals surface area contributed by atoms with Crippen LogP contribution in [0, 0.1) is 0 Å². The van der Waals surface area contributed by atoms with Gasteiger partial charge in [0, 0.05) is 31.4 Å². The molecule has 1 aliphatic rings. The molecule has 6 nitrogen and oxygen atoms in total. The molecule has 0 amide bonds. The molecule has 1 aromatic heterocycles. The Bertz CT molecular complexity index is 604. The van der Waals surface area contributed by atoms with Crippen LogP contribution < -0.4 is 10.3 Å². The van der Waals surface area contributed by atoms with Crippen molar-refractivity contribution < 1.29 is 8.42 Å². The van der Waals surface area contributed by atoms with Crippen molar-refractivity contribution >= 4 is 10.0 Å². The SMILES string of the molecule is CCS(=O)(=O)NC1CCN(CCn2ccccc2=O)CC1. The Hall–Kier alpha value is -1.18. The van der Waals surface area contributed by atoms with E-state index in [0.717, 1.165) is 32.5 Å². The summed E-state index contributed by atoms with van der Waals surface area (Å²) in [5, 5.41) is 0. The van der Waals surface area contributed by atoms with E-state index in [1.54, 1.807) is 29.8 Å². The van der Waals surface area contributed by atoms with Gasteiger partial charge in [-0.25, -0.2) is 13.1 Å². The van der Waals surface area contributed by atoms with Gasteiger partial charge in [-0.15, -0.1) is 0 Å². The number of piperidine rings is 1. The van der Waals surface area contributed by atoms with Crippen molar-refractivity contribution in [3.63, 3.8) is 0 Å². The Balaban J connectivity index is 1.77. The van der Waals surface area contributed by atoms with Crippen LogP contribution in [-0.2, 0) is 16.6 Å². The van der Waals surface area contributed by atoms with Crippen molar-refractivity contribution in [1.29, 1.82) is 0 Å². The van der Waals surface area contributed by atoms with Gasteiger partial charge in [-0.3, -0.25) is 4.79 Å². The first-order chi connectivity index (χ1) is 10.00. The zero-order chi connectivity index (χ0) is 15.3. The number of sulfonamides is 1. The molecule has 0 spiro atoms. The standard InChI is InChI=1S/C14H23N3O3S/c1-2-21(19,20)15-13-6-9-16(10-7-13)11-12-17-8-4-3-5-14(17)18/h3-5,8,13,15H,2,6-7,9-12H2,1H3. The molecule has 1 N–H and O–H groups in total. The van der Waals surface area contributed by atoms with Crippen LogP contribution in [0.1, 0.15) is 19.8 Å². The smallest absolute Gasteiger partial charge is 0.250 e. The summed E-state index contributed by atoms with van der Waals surface area (Å²) in [6.07, 6.45) is 3.44. The number of nitrogens with zero attached hydrogens (tertiary/aromatic N) is 2. The fraction of sp³-hybridized carbons (Fsp3) is 0.643. The van der Waals surface area contributed by atoms with Gasteiger partial charge in [-0.2, -0.15) is 0 Å². The van der Waals surface area contributed by atoms with Crippen LogP contribution in [0.5, 0.6) is 0 Å². The lowest BCUT2D eigenvalue weighted by Gasteiger charge is -2.32. The summed E-state index contributed by atoms with van der Waals surface area (Å²) in [6, 6.07) is 5.20. The van der Waals surface area contributed by atoms with E-state index in [0.29, 0.717) is 6.54 Å². The highest BCUT2D eigenvalue weighted by Crippen LogP contribution is 2.11. The lowest BCUT2D eigenvalue weighted by atomic mass is 10.1. The monoisotopic (exact) mass is 313 g/mol. The van der Waals surface area contributed by atoms with Gasteiger partial charge in [0.25, 0.3) is 5.56 Å². The zero-order valence-corrected chi connectivity index (χ0v) is 13.2. The van der Waals surface area contributed by atoms with Crippen LogP contribution in [0.15, 0.2) is 29.2 Å². The second kappa shape index (κ2) is 7.20. The third kappa shape index (κ3) is 4.94. The van der Waals surface area contributed by atoms with Gasteiger partial charge in [0.05, 0.1) is 5.75 Å². The Labute approximate surface area is 125 Å². The molecule has 118 valence electrons. The van der Waals surface area contributed by atoms with Crippen molar-refractivity contribution in [2.75, 3.05) is 25.4 Å². The summed E-state index contributed by atoms with van der Waals surface area (Å²) in [7, 11) is -3.11. The fourth-order valence-electron chi connectivity index (χ4n) is 2.51. The molecule has 0 atom stereocenters. The summed E-state index contributed by atoms with van der Waals surface area (Å²) in [5.74, 6) is 0.129. The molecule has 0 unspecified atom stereocenters. The van der Waals surface area contributed by atoms with E-state index in [4.69, 9.17) is 0 Å². The molecule has 0 aromatic carbocycles. The average Bonchev–Trinajstić information content (AvgIpc) is 2.48. The minimum atomic E-state index is -3.11. The number of nitrogens with one attached hydrogen (secondary N) is 1. The highest BCUT2D eigenvalue weighted by Gasteiger charge is 2.22. The van der Waals surface area contributed by atoms with Gasteiger partial charge in [0.1, 0.15) is 0 Å². The maximum absolute atomic E-state index is 11.6. The molecule has 2 rings (SSSR count). The summed E-state index contributed by atoms with van der Waals surface area (Å²) in [6.45, 7) is 4.86. The molecule has 7 heteroatoms. The quantitative estimate of drug-likeness (QED) is 0.817. The molecule has 2 heterocycles. The Morgan fingerprint density at radius 3 is 2.57 bits per heavy atom. The van der Waals surface area contributed by atoms with Crippen molar-refractivity contribution in [3.05, 3.63) is 34.7 Å². The third-order valence-corrected chi connectivity index (χ3v) is 5.32. The largest absolute Gasteiger partial charge is 0.314 e. The molecular weight excluding hydrogens is 290 g/mol. The molecule has 0 bridgehead atoms. The normalized spacial score (nSPS) is 18.0. The first kappa shape index (κ1) is 16.2. The van der Waals surface area contributed by atoms with Crippen molar-refractivity contribution in [2.24, 2.45) is 0 Å². The highest BCUT2D eigenvalue weighted by atomic mass is 32.2. The van der Waals surface area contributed by atoms with Gasteiger partial charge < -0.3 is 9.47 Å². The molecule has 0 aliphatic carbocycles. The second-order valence-electron chi connectivity index (χ2n) is 5.37. The van der Waals surface area contributed by atoms with Gasteiger partial charge in [-0.1, -0.05) is 6.07 Å². The molecule has 1 fully saturated rings. The van der Waals surface area contributed by atoms with Crippen LogP contribution in [0.2, 0.25) is 0 Å². The summed E-state index contributed by atoms with van der Waals surface area (Å²) in [4.78, 5) is 13.9. The van der Waals surface area contributed by atoms with E-state index < -0.39 is 10.0 Å². The van der Waals surface area contributed by atoms with Gasteiger partial charge >= 0.3 is 0 Å². The lowest BCUT2D eigenvalue weighted by molar-refractivity contribution is 0.200. The minimum absolute atomic E-state index is 0.0168. The molecule has 1 aliphatic heterocycles. The zero-order valence-electron chi connectivity index (χ0n) is 12.4. The number of rotatable bonds is 6. The molecular formula is C14H23N3O3S. The fourth-order valence-corrected chi connectivity index (χ4v) is 3.42. The molecule has 1 saturated heterocycles. The van der Waals surface area contributed by atoms with E-state index in [-0.39, 0.29) is 17.4 Å². The van der Waals surface area contributed by atoms with E-state index in [1.807, 2.05) is 6.07 Å². The summed E-state index contributed by atoms with van der Waals surface area (Å²) in [5.41, 5.74) is 0.0168. The van der Waals surface area contributed by atoms with E-state index >= 15 is 0 Å². The number of pyridine rings is 1. The van der Waals surface area contributed by atoms with Crippen LogP contribution in [0.3, 0.4) is 0 Å². The predicted octanol–water partition coefficient (Wildman–Crippen LogP) is 0.252. The highest BCUT2D eigenvalue weighted by molar-refractivity contribution is 7.89. The van der Waals surface area contributed by atoms with E-state index in [9.17, 15) is 13.2 Å². The number of likely N-dealkylation sites (tertiary alicyclic amines) is 1. The van der Waals surface area contributed by atoms with Crippen molar-refractivity contribution in [1.82, 2.24) is 14.2 Å². The first-order valence-corrected chi connectivity index (χ1v) is 9.03. The van der Waals surface area contributed by atoms with Gasteiger partial charge in [-0.05, 0) is 38.9 Å². The van der Waals surface area contributed by atoms with Crippen molar-refractivity contribution in [2.45, 2.75) is 32.4 Å². The van der Waals surface area contributed by atoms with E-state index in [2.05, 4.69) is 9.62 Å². The molecule has 0 radical (unpaired) electrons. The van der Waals surface area contributed by atoms with Crippen LogP contribution in [-0.4, -0.2) is 49.3 Å².